The molecule has 7 aromatic carbocycles. The van der Waals surface area contributed by atoms with Gasteiger partial charge in [-0.05, 0) is 164 Å². The summed E-state index contributed by atoms with van der Waals surface area (Å²) in [6.45, 7) is 12.2. The molecule has 0 radical (unpaired) electrons. The van der Waals surface area contributed by atoms with Crippen LogP contribution in [0, 0.1) is 6.92 Å². The van der Waals surface area contributed by atoms with Crippen molar-refractivity contribution in [3.05, 3.63) is 196 Å². The number of hydrogen-bond donors (Lipinski definition) is 0. The normalized spacial score (nSPS) is 17.2. The van der Waals surface area contributed by atoms with Crippen molar-refractivity contribution in [1.29, 1.82) is 0 Å². The largest absolute Gasteiger partial charge is 0.310 e. The number of anilines is 3. The van der Waals surface area contributed by atoms with E-state index in [-0.39, 0.29) is 10.8 Å². The molecule has 11 rings (SSSR count). The summed E-state index contributed by atoms with van der Waals surface area (Å²) in [7, 11) is 0. The minimum atomic E-state index is -0.429. The molecule has 0 heterocycles. The number of nitrogens with zero attached hydrogens (tertiary/aromatic N) is 1. The molecule has 0 N–H and O–H groups in total. The van der Waals surface area contributed by atoms with Crippen LogP contribution in [0.4, 0.5) is 17.1 Å². The highest BCUT2D eigenvalue weighted by Crippen LogP contribution is 2.64. The van der Waals surface area contributed by atoms with E-state index in [4.69, 9.17) is 0 Å². The molecule has 1 spiro atoms. The van der Waals surface area contributed by atoms with Crippen LogP contribution in [0.3, 0.4) is 0 Å². The molecule has 0 atom stereocenters. The summed E-state index contributed by atoms with van der Waals surface area (Å²) in [4.78, 5) is 2.63. The maximum atomic E-state index is 2.63. The van der Waals surface area contributed by atoms with E-state index in [1.165, 1.54) is 126 Å². The molecule has 280 valence electrons. The lowest BCUT2D eigenvalue weighted by molar-refractivity contribution is 0.332. The van der Waals surface area contributed by atoms with E-state index in [9.17, 15) is 0 Å². The number of benzene rings is 7. The van der Waals surface area contributed by atoms with Crippen molar-refractivity contribution in [3.8, 4) is 33.4 Å². The van der Waals surface area contributed by atoms with Gasteiger partial charge in [-0.3, -0.25) is 0 Å². The van der Waals surface area contributed by atoms with Gasteiger partial charge in [-0.15, -0.1) is 0 Å². The Bertz CT molecular complexity index is 2720. The molecule has 4 aliphatic carbocycles. The summed E-state index contributed by atoms with van der Waals surface area (Å²) < 4.78 is 0. The second kappa shape index (κ2) is 12.4. The summed E-state index contributed by atoms with van der Waals surface area (Å²) in [6, 6.07) is 56.3. The van der Waals surface area contributed by atoms with E-state index in [0.29, 0.717) is 0 Å². The first kappa shape index (κ1) is 34.6. The van der Waals surface area contributed by atoms with Crippen molar-refractivity contribution in [2.45, 2.75) is 89.4 Å². The van der Waals surface area contributed by atoms with Gasteiger partial charge in [-0.1, -0.05) is 143 Å². The highest BCUT2D eigenvalue weighted by molar-refractivity contribution is 6.00. The van der Waals surface area contributed by atoms with E-state index >= 15 is 0 Å². The third-order valence-electron chi connectivity index (χ3n) is 14.5. The van der Waals surface area contributed by atoms with Gasteiger partial charge in [0.1, 0.15) is 0 Å². The second-order valence-corrected chi connectivity index (χ2v) is 18.6. The van der Waals surface area contributed by atoms with Gasteiger partial charge in [0, 0.05) is 16.9 Å². The van der Waals surface area contributed by atoms with Gasteiger partial charge >= 0.3 is 0 Å². The van der Waals surface area contributed by atoms with E-state index in [2.05, 4.69) is 185 Å². The van der Waals surface area contributed by atoms with Crippen molar-refractivity contribution in [3.63, 3.8) is 0 Å². The lowest BCUT2D eigenvalue weighted by Gasteiger charge is -2.43. The predicted octanol–water partition coefficient (Wildman–Crippen LogP) is 14.7. The number of para-hydroxylation sites is 1. The van der Waals surface area contributed by atoms with Crippen molar-refractivity contribution < 1.29 is 0 Å². The molecule has 0 aromatic heterocycles. The Morgan fingerprint density at radius 1 is 0.421 bits per heavy atom. The van der Waals surface area contributed by atoms with Crippen LogP contribution in [0.5, 0.6) is 0 Å². The molecule has 0 unspecified atom stereocenters. The minimum absolute atomic E-state index is 0.0812. The fourth-order valence-electron chi connectivity index (χ4n) is 11.5. The Labute approximate surface area is 339 Å². The van der Waals surface area contributed by atoms with Crippen LogP contribution in [-0.4, -0.2) is 0 Å². The maximum absolute atomic E-state index is 2.63. The molecule has 0 amide bonds. The standard InChI is InChI=1S/C56H51N/c1-36-32-50-51(55(4,5)31-30-54(50,2)3)35-52(36)57(38-20-7-6-8-21-38)53-34-49-44(33-45(53)40-26-17-19-37-18-9-10-22-39(37)40)43-25-13-16-29-48(43)56(49)46-27-14-11-23-41(46)42-24-12-15-28-47(42)56/h6-8,11-17,19-21,23-29,32-35H,9-10,18,22,30-31H2,1-5H3. The summed E-state index contributed by atoms with van der Waals surface area (Å²) in [5, 5.41) is 0. The smallest absolute Gasteiger partial charge is 0.0726 e. The monoisotopic (exact) mass is 737 g/mol. The van der Waals surface area contributed by atoms with Gasteiger partial charge in [-0.25, -0.2) is 0 Å². The van der Waals surface area contributed by atoms with Crippen molar-refractivity contribution in [2.24, 2.45) is 0 Å². The summed E-state index contributed by atoms with van der Waals surface area (Å²) in [6.07, 6.45) is 7.16. The molecule has 0 bridgehead atoms. The molecule has 57 heavy (non-hydrogen) atoms. The highest BCUT2D eigenvalue weighted by atomic mass is 15.1. The SMILES string of the molecule is Cc1cc2c(cc1N(c1ccccc1)c1cc3c(cc1-c1cccc4c1CCCC4)-c1ccccc1C31c3ccccc3-c3ccccc31)C(C)(C)CCC2(C)C. The Morgan fingerprint density at radius 3 is 1.60 bits per heavy atom. The zero-order valence-corrected chi connectivity index (χ0v) is 34.0. The van der Waals surface area contributed by atoms with Gasteiger partial charge in [0.15, 0.2) is 0 Å². The quantitative estimate of drug-likeness (QED) is 0.174. The first-order chi connectivity index (χ1) is 27.7. The van der Waals surface area contributed by atoms with Crippen molar-refractivity contribution in [1.82, 2.24) is 0 Å². The molecule has 1 nitrogen and oxygen atoms in total. The Morgan fingerprint density at radius 2 is 0.947 bits per heavy atom. The molecule has 1 heteroatoms. The second-order valence-electron chi connectivity index (χ2n) is 18.6. The molecular weight excluding hydrogens is 687 g/mol. The zero-order chi connectivity index (χ0) is 38.7. The summed E-state index contributed by atoms with van der Waals surface area (Å²) in [5.74, 6) is 0. The average Bonchev–Trinajstić information content (AvgIpc) is 3.70. The van der Waals surface area contributed by atoms with Crippen molar-refractivity contribution >= 4 is 17.1 Å². The zero-order valence-electron chi connectivity index (χ0n) is 34.0. The van der Waals surface area contributed by atoms with Crippen LogP contribution in [-0.2, 0) is 29.1 Å². The van der Waals surface area contributed by atoms with Gasteiger partial charge in [-0.2, -0.15) is 0 Å². The van der Waals surface area contributed by atoms with Crippen molar-refractivity contribution in [2.75, 3.05) is 4.90 Å². The fourth-order valence-corrected chi connectivity index (χ4v) is 11.5. The molecular formula is C56H51N. The average molecular weight is 738 g/mol. The summed E-state index contributed by atoms with van der Waals surface area (Å²) in [5.41, 5.74) is 24.5. The van der Waals surface area contributed by atoms with E-state index in [0.717, 1.165) is 12.8 Å². The molecule has 4 aliphatic rings. The van der Waals surface area contributed by atoms with Crippen LogP contribution in [0.25, 0.3) is 33.4 Å². The highest BCUT2D eigenvalue weighted by Gasteiger charge is 2.52. The van der Waals surface area contributed by atoms with Gasteiger partial charge in [0.25, 0.3) is 0 Å². The first-order valence-electron chi connectivity index (χ1n) is 21.3. The van der Waals surface area contributed by atoms with Crippen LogP contribution in [0.1, 0.15) is 103 Å². The van der Waals surface area contributed by atoms with Crippen LogP contribution in [0.2, 0.25) is 0 Å². The van der Waals surface area contributed by atoms with Gasteiger partial charge < -0.3 is 4.90 Å². The molecule has 0 fully saturated rings. The predicted molar refractivity (Wildman–Crippen MR) is 240 cm³/mol. The molecule has 0 saturated carbocycles. The molecule has 0 saturated heterocycles. The van der Waals surface area contributed by atoms with Crippen LogP contribution < -0.4 is 4.90 Å². The minimum Gasteiger partial charge on any atom is -0.310 e. The Balaban J connectivity index is 1.28. The van der Waals surface area contributed by atoms with Gasteiger partial charge in [0.2, 0.25) is 0 Å². The topological polar surface area (TPSA) is 3.24 Å². The summed E-state index contributed by atoms with van der Waals surface area (Å²) >= 11 is 0. The number of aryl methyl sites for hydroxylation is 2. The van der Waals surface area contributed by atoms with E-state index in [1.54, 1.807) is 0 Å². The fraction of sp³-hybridized carbons (Fsp3) is 0.250. The number of fused-ring (bicyclic) bond motifs is 12. The first-order valence-corrected chi connectivity index (χ1v) is 21.3. The van der Waals surface area contributed by atoms with Crippen LogP contribution >= 0.6 is 0 Å². The lowest BCUT2D eigenvalue weighted by atomic mass is 9.63. The van der Waals surface area contributed by atoms with E-state index < -0.39 is 5.41 Å². The number of rotatable bonds is 4. The number of hydrogen-bond acceptors (Lipinski definition) is 1. The Hall–Kier alpha value is -5.66. The molecule has 0 aliphatic heterocycles. The molecule has 7 aromatic rings. The Kier molecular flexibility index (Phi) is 7.53. The third-order valence-corrected chi connectivity index (χ3v) is 14.5. The van der Waals surface area contributed by atoms with Crippen LogP contribution in [0.15, 0.2) is 146 Å². The third kappa shape index (κ3) is 4.87. The van der Waals surface area contributed by atoms with Gasteiger partial charge in [0.05, 0.1) is 11.1 Å². The maximum Gasteiger partial charge on any atom is 0.0726 e. The van der Waals surface area contributed by atoms with E-state index in [1.807, 2.05) is 0 Å². The lowest BCUT2D eigenvalue weighted by Crippen LogP contribution is -2.34.